The van der Waals surface area contributed by atoms with Gasteiger partial charge in [0.2, 0.25) is 5.28 Å². The highest BCUT2D eigenvalue weighted by atomic mass is 35.5. The molecule has 1 saturated heterocycles. The van der Waals surface area contributed by atoms with E-state index in [2.05, 4.69) is 21.4 Å². The van der Waals surface area contributed by atoms with Crippen LogP contribution >= 0.6 is 11.6 Å². The van der Waals surface area contributed by atoms with Crippen molar-refractivity contribution in [3.8, 4) is 17.3 Å². The summed E-state index contributed by atoms with van der Waals surface area (Å²) in [6.07, 6.45) is 3.51. The molecule has 1 N–H and O–H groups in total. The van der Waals surface area contributed by atoms with Gasteiger partial charge in [-0.3, -0.25) is 0 Å². The maximum atomic E-state index is 9.40. The Balaban J connectivity index is 1.86. The Morgan fingerprint density at radius 3 is 2.82 bits per heavy atom. The number of aromatic nitrogens is 2. The van der Waals surface area contributed by atoms with E-state index in [1.807, 2.05) is 18.2 Å². The van der Waals surface area contributed by atoms with Gasteiger partial charge in [0.1, 0.15) is 6.07 Å². The molecule has 0 amide bonds. The van der Waals surface area contributed by atoms with Gasteiger partial charge in [-0.1, -0.05) is 6.07 Å². The topological polar surface area (TPSA) is 70.8 Å². The molecule has 1 aromatic carbocycles. The lowest BCUT2D eigenvalue weighted by molar-refractivity contribution is 0.0904. The van der Waals surface area contributed by atoms with Gasteiger partial charge >= 0.3 is 0 Å². The zero-order chi connectivity index (χ0) is 15.4. The van der Waals surface area contributed by atoms with E-state index in [1.54, 1.807) is 12.3 Å². The highest BCUT2D eigenvalue weighted by Crippen LogP contribution is 2.25. The van der Waals surface area contributed by atoms with Gasteiger partial charge in [-0.15, -0.1) is 0 Å². The van der Waals surface area contributed by atoms with Crippen LogP contribution in [0.15, 0.2) is 30.5 Å². The summed E-state index contributed by atoms with van der Waals surface area (Å²) in [5, 5.41) is 13.0. The standard InChI is InChI=1S/C16H15ClN4O/c17-16-19-6-3-15(21-16)11-1-2-14(12(9-11)10-18)20-13-4-7-22-8-5-13/h1-3,6,9,13,20H,4-5,7-8H2. The second kappa shape index (κ2) is 6.73. The van der Waals surface area contributed by atoms with Crippen molar-refractivity contribution in [2.24, 2.45) is 0 Å². The SMILES string of the molecule is N#Cc1cc(-c2ccnc(Cl)n2)ccc1NC1CCOCC1. The van der Waals surface area contributed by atoms with E-state index in [0.29, 0.717) is 17.3 Å². The lowest BCUT2D eigenvalue weighted by Crippen LogP contribution is -2.28. The van der Waals surface area contributed by atoms with Gasteiger partial charge in [0.05, 0.1) is 16.9 Å². The molecule has 0 aliphatic carbocycles. The predicted molar refractivity (Wildman–Crippen MR) is 84.7 cm³/mol. The highest BCUT2D eigenvalue weighted by Gasteiger charge is 2.15. The molecule has 1 aliphatic rings. The normalized spacial score (nSPS) is 15.3. The van der Waals surface area contributed by atoms with E-state index in [9.17, 15) is 5.26 Å². The van der Waals surface area contributed by atoms with E-state index < -0.39 is 0 Å². The van der Waals surface area contributed by atoms with Gasteiger partial charge in [0.25, 0.3) is 0 Å². The minimum atomic E-state index is 0.195. The molecule has 1 aliphatic heterocycles. The monoisotopic (exact) mass is 314 g/mol. The van der Waals surface area contributed by atoms with Crippen molar-refractivity contribution in [2.45, 2.75) is 18.9 Å². The average Bonchev–Trinajstić information content (AvgIpc) is 2.56. The number of nitriles is 1. The third kappa shape index (κ3) is 3.35. The van der Waals surface area contributed by atoms with E-state index in [4.69, 9.17) is 16.3 Å². The Morgan fingerprint density at radius 2 is 2.09 bits per heavy atom. The van der Waals surface area contributed by atoms with Crippen molar-refractivity contribution in [1.29, 1.82) is 5.26 Å². The fraction of sp³-hybridized carbons (Fsp3) is 0.312. The molecule has 1 aromatic heterocycles. The van der Waals surface area contributed by atoms with Crippen molar-refractivity contribution in [3.63, 3.8) is 0 Å². The number of anilines is 1. The molecule has 6 heteroatoms. The summed E-state index contributed by atoms with van der Waals surface area (Å²) in [6.45, 7) is 1.52. The summed E-state index contributed by atoms with van der Waals surface area (Å²) in [7, 11) is 0. The second-order valence-corrected chi connectivity index (χ2v) is 5.45. The van der Waals surface area contributed by atoms with Crippen molar-refractivity contribution < 1.29 is 4.74 Å². The van der Waals surface area contributed by atoms with Crippen molar-refractivity contribution in [1.82, 2.24) is 9.97 Å². The Bertz CT molecular complexity index is 708. The van der Waals surface area contributed by atoms with E-state index in [1.165, 1.54) is 0 Å². The molecule has 0 spiro atoms. The van der Waals surface area contributed by atoms with Gasteiger partial charge < -0.3 is 10.1 Å². The van der Waals surface area contributed by atoms with Crippen molar-refractivity contribution >= 4 is 17.3 Å². The van der Waals surface area contributed by atoms with Crippen molar-refractivity contribution in [3.05, 3.63) is 41.3 Å². The molecule has 3 rings (SSSR count). The van der Waals surface area contributed by atoms with Crippen LogP contribution in [0.25, 0.3) is 11.3 Å². The number of rotatable bonds is 3. The van der Waals surface area contributed by atoms with Crippen LogP contribution in [0, 0.1) is 11.3 Å². The number of hydrogen-bond donors (Lipinski definition) is 1. The molecule has 0 saturated carbocycles. The van der Waals surface area contributed by atoms with Gasteiger partial charge in [0, 0.05) is 31.0 Å². The van der Waals surface area contributed by atoms with Crippen LogP contribution in [0.1, 0.15) is 18.4 Å². The number of hydrogen-bond acceptors (Lipinski definition) is 5. The Kier molecular flexibility index (Phi) is 4.52. The summed E-state index contributed by atoms with van der Waals surface area (Å²) in [5.41, 5.74) is 2.99. The second-order valence-electron chi connectivity index (χ2n) is 5.11. The summed E-state index contributed by atoms with van der Waals surface area (Å²) in [5.74, 6) is 0. The summed E-state index contributed by atoms with van der Waals surface area (Å²) < 4.78 is 5.35. The first-order chi connectivity index (χ1) is 10.8. The van der Waals surface area contributed by atoms with Crippen LogP contribution in [0.5, 0.6) is 0 Å². The first-order valence-electron chi connectivity index (χ1n) is 7.13. The van der Waals surface area contributed by atoms with Crippen LogP contribution in [0.4, 0.5) is 5.69 Å². The van der Waals surface area contributed by atoms with Crippen LogP contribution in [-0.2, 0) is 4.74 Å². The first kappa shape index (κ1) is 14.8. The first-order valence-corrected chi connectivity index (χ1v) is 7.51. The maximum Gasteiger partial charge on any atom is 0.222 e. The largest absolute Gasteiger partial charge is 0.381 e. The molecule has 112 valence electrons. The lowest BCUT2D eigenvalue weighted by atomic mass is 10.0. The van der Waals surface area contributed by atoms with Crippen LogP contribution in [0.2, 0.25) is 5.28 Å². The van der Waals surface area contributed by atoms with Crippen LogP contribution < -0.4 is 5.32 Å². The minimum absolute atomic E-state index is 0.195. The van der Waals surface area contributed by atoms with E-state index in [0.717, 1.165) is 37.3 Å². The molecule has 0 bridgehead atoms. The molecule has 22 heavy (non-hydrogen) atoms. The smallest absolute Gasteiger partial charge is 0.222 e. The third-order valence-electron chi connectivity index (χ3n) is 3.64. The number of halogens is 1. The highest BCUT2D eigenvalue weighted by molar-refractivity contribution is 6.28. The van der Waals surface area contributed by atoms with Crippen LogP contribution in [0.3, 0.4) is 0 Å². The lowest BCUT2D eigenvalue weighted by Gasteiger charge is -2.24. The number of ether oxygens (including phenoxy) is 1. The number of nitrogens with zero attached hydrogens (tertiary/aromatic N) is 3. The average molecular weight is 315 g/mol. The Morgan fingerprint density at radius 1 is 1.27 bits per heavy atom. The van der Waals surface area contributed by atoms with Crippen LogP contribution in [-0.4, -0.2) is 29.2 Å². The summed E-state index contributed by atoms with van der Waals surface area (Å²) >= 11 is 5.82. The Labute approximate surface area is 133 Å². The molecule has 2 heterocycles. The molecule has 2 aromatic rings. The third-order valence-corrected chi connectivity index (χ3v) is 3.82. The molecular weight excluding hydrogens is 300 g/mol. The molecular formula is C16H15ClN4O. The molecule has 5 nitrogen and oxygen atoms in total. The summed E-state index contributed by atoms with van der Waals surface area (Å²) in [4.78, 5) is 8.04. The van der Waals surface area contributed by atoms with E-state index in [-0.39, 0.29) is 5.28 Å². The number of nitrogens with one attached hydrogen (secondary N) is 1. The van der Waals surface area contributed by atoms with Gasteiger partial charge in [-0.25, -0.2) is 9.97 Å². The fourth-order valence-electron chi connectivity index (χ4n) is 2.48. The summed E-state index contributed by atoms with van der Waals surface area (Å²) in [6, 6.07) is 10.0. The zero-order valence-corrected chi connectivity index (χ0v) is 12.7. The predicted octanol–water partition coefficient (Wildman–Crippen LogP) is 3.26. The maximum absolute atomic E-state index is 9.40. The fourth-order valence-corrected chi connectivity index (χ4v) is 2.63. The van der Waals surface area contributed by atoms with Gasteiger partial charge in [-0.05, 0) is 42.6 Å². The minimum Gasteiger partial charge on any atom is -0.381 e. The van der Waals surface area contributed by atoms with Gasteiger partial charge in [-0.2, -0.15) is 5.26 Å². The van der Waals surface area contributed by atoms with Crippen molar-refractivity contribution in [2.75, 3.05) is 18.5 Å². The molecule has 0 radical (unpaired) electrons. The number of benzene rings is 1. The quantitative estimate of drug-likeness (QED) is 0.880. The molecule has 0 unspecified atom stereocenters. The van der Waals surface area contributed by atoms with E-state index >= 15 is 0 Å². The van der Waals surface area contributed by atoms with Gasteiger partial charge in [0.15, 0.2) is 0 Å². The molecule has 1 fully saturated rings. The molecule has 0 atom stereocenters. The Hall–Kier alpha value is -2.16. The zero-order valence-electron chi connectivity index (χ0n) is 11.9.